The van der Waals surface area contributed by atoms with Crippen molar-refractivity contribution < 1.29 is 9.15 Å². The fraction of sp³-hybridized carbons (Fsp3) is 0.429. The van der Waals surface area contributed by atoms with Crippen LogP contribution in [-0.2, 0) is 0 Å². The number of hydrogen-bond donors (Lipinski definition) is 1. The van der Waals surface area contributed by atoms with Crippen molar-refractivity contribution in [2.24, 2.45) is 0 Å². The van der Waals surface area contributed by atoms with Gasteiger partial charge in [0.25, 0.3) is 0 Å². The van der Waals surface area contributed by atoms with Crippen LogP contribution in [0.15, 0.2) is 22.6 Å². The lowest BCUT2D eigenvalue weighted by atomic mass is 10.1. The second-order valence-electron chi connectivity index (χ2n) is 4.81. The van der Waals surface area contributed by atoms with Gasteiger partial charge in [-0.05, 0) is 30.7 Å². The molecule has 0 amide bonds. The number of aromatic nitrogens is 2. The summed E-state index contributed by atoms with van der Waals surface area (Å²) in [6.45, 7) is 5.67. The van der Waals surface area contributed by atoms with Crippen LogP contribution >= 0.6 is 0 Å². The molecule has 0 radical (unpaired) electrons. The van der Waals surface area contributed by atoms with Gasteiger partial charge in [0.15, 0.2) is 0 Å². The van der Waals surface area contributed by atoms with Gasteiger partial charge in [0.05, 0.1) is 7.11 Å². The lowest BCUT2D eigenvalue weighted by Crippen LogP contribution is -2.43. The SMILES string of the molecule is COc1ccc(-c2nnc(N3CCNCC3)o2)cc1C. The number of ether oxygens (including phenoxy) is 1. The minimum absolute atomic E-state index is 0.546. The van der Waals surface area contributed by atoms with E-state index >= 15 is 0 Å². The standard InChI is InChI=1S/C14H18N4O2/c1-10-9-11(3-4-12(10)19-2)13-16-17-14(20-13)18-7-5-15-6-8-18/h3-4,9,15H,5-8H2,1-2H3. The Morgan fingerprint density at radius 1 is 1.25 bits per heavy atom. The number of nitrogens with zero attached hydrogens (tertiary/aromatic N) is 3. The van der Waals surface area contributed by atoms with Crippen molar-refractivity contribution in [1.82, 2.24) is 15.5 Å². The first-order chi connectivity index (χ1) is 9.78. The molecule has 1 aromatic carbocycles. The lowest BCUT2D eigenvalue weighted by molar-refractivity contribution is 0.411. The molecular weight excluding hydrogens is 256 g/mol. The number of anilines is 1. The van der Waals surface area contributed by atoms with E-state index in [2.05, 4.69) is 20.4 Å². The van der Waals surface area contributed by atoms with E-state index in [0.717, 1.165) is 43.1 Å². The van der Waals surface area contributed by atoms with Crippen LogP contribution in [-0.4, -0.2) is 43.5 Å². The van der Waals surface area contributed by atoms with Gasteiger partial charge in [0.2, 0.25) is 5.89 Å². The van der Waals surface area contributed by atoms with Gasteiger partial charge in [0, 0.05) is 31.7 Å². The van der Waals surface area contributed by atoms with Gasteiger partial charge in [-0.1, -0.05) is 5.10 Å². The van der Waals surface area contributed by atoms with Gasteiger partial charge in [-0.25, -0.2) is 0 Å². The molecule has 1 saturated heterocycles. The zero-order valence-corrected chi connectivity index (χ0v) is 11.7. The molecule has 6 heteroatoms. The molecule has 0 saturated carbocycles. The smallest absolute Gasteiger partial charge is 0.318 e. The van der Waals surface area contributed by atoms with Crippen LogP contribution < -0.4 is 15.0 Å². The molecule has 0 unspecified atom stereocenters. The first-order valence-electron chi connectivity index (χ1n) is 6.72. The maximum atomic E-state index is 5.77. The van der Waals surface area contributed by atoms with Crippen molar-refractivity contribution in [2.75, 3.05) is 38.2 Å². The normalized spacial score (nSPS) is 15.4. The summed E-state index contributed by atoms with van der Waals surface area (Å²) < 4.78 is 11.0. The Kier molecular flexibility index (Phi) is 3.56. The molecule has 2 heterocycles. The van der Waals surface area contributed by atoms with Crippen LogP contribution in [0.2, 0.25) is 0 Å². The summed E-state index contributed by atoms with van der Waals surface area (Å²) in [5.41, 5.74) is 1.96. The van der Waals surface area contributed by atoms with Crippen LogP contribution in [0.5, 0.6) is 5.75 Å². The number of benzene rings is 1. The van der Waals surface area contributed by atoms with Crippen molar-refractivity contribution in [2.45, 2.75) is 6.92 Å². The van der Waals surface area contributed by atoms with E-state index in [0.29, 0.717) is 11.9 Å². The Labute approximate surface area is 117 Å². The van der Waals surface area contributed by atoms with E-state index in [1.807, 2.05) is 25.1 Å². The largest absolute Gasteiger partial charge is 0.496 e. The van der Waals surface area contributed by atoms with Crippen LogP contribution in [0.4, 0.5) is 6.01 Å². The molecule has 0 spiro atoms. The molecule has 0 atom stereocenters. The maximum absolute atomic E-state index is 5.77. The number of methoxy groups -OCH3 is 1. The predicted octanol–water partition coefficient (Wildman–Crippen LogP) is 1.46. The summed E-state index contributed by atoms with van der Waals surface area (Å²) in [5, 5.41) is 11.6. The molecule has 106 valence electrons. The van der Waals surface area contributed by atoms with E-state index < -0.39 is 0 Å². The van der Waals surface area contributed by atoms with E-state index in [9.17, 15) is 0 Å². The molecule has 20 heavy (non-hydrogen) atoms. The van der Waals surface area contributed by atoms with Crippen molar-refractivity contribution in [3.63, 3.8) is 0 Å². The highest BCUT2D eigenvalue weighted by molar-refractivity contribution is 5.57. The fourth-order valence-electron chi connectivity index (χ4n) is 2.33. The highest BCUT2D eigenvalue weighted by Crippen LogP contribution is 2.26. The average molecular weight is 274 g/mol. The average Bonchev–Trinajstić information content (AvgIpc) is 2.98. The van der Waals surface area contributed by atoms with E-state index in [4.69, 9.17) is 9.15 Å². The number of hydrogen-bond acceptors (Lipinski definition) is 6. The third-order valence-electron chi connectivity index (χ3n) is 3.44. The molecule has 1 N–H and O–H groups in total. The van der Waals surface area contributed by atoms with E-state index in [1.165, 1.54) is 0 Å². The molecule has 1 fully saturated rings. The molecule has 1 aromatic heterocycles. The quantitative estimate of drug-likeness (QED) is 0.914. The molecule has 0 aliphatic carbocycles. The molecule has 6 nitrogen and oxygen atoms in total. The Morgan fingerprint density at radius 2 is 2.05 bits per heavy atom. The van der Waals surface area contributed by atoms with Gasteiger partial charge in [-0.15, -0.1) is 5.10 Å². The summed E-state index contributed by atoms with van der Waals surface area (Å²) in [7, 11) is 1.66. The van der Waals surface area contributed by atoms with Crippen LogP contribution in [0, 0.1) is 6.92 Å². The maximum Gasteiger partial charge on any atom is 0.318 e. The topological polar surface area (TPSA) is 63.4 Å². The number of nitrogens with one attached hydrogen (secondary N) is 1. The van der Waals surface area contributed by atoms with E-state index in [1.54, 1.807) is 7.11 Å². The first kappa shape index (κ1) is 12.9. The monoisotopic (exact) mass is 274 g/mol. The Balaban J connectivity index is 1.84. The zero-order valence-electron chi connectivity index (χ0n) is 11.7. The van der Waals surface area contributed by atoms with Gasteiger partial charge in [0.1, 0.15) is 5.75 Å². The number of piperazine rings is 1. The minimum atomic E-state index is 0.546. The summed E-state index contributed by atoms with van der Waals surface area (Å²) in [6.07, 6.45) is 0. The Hall–Kier alpha value is -2.08. The molecule has 1 aliphatic rings. The highest BCUT2D eigenvalue weighted by Gasteiger charge is 2.17. The molecule has 1 aliphatic heterocycles. The number of aryl methyl sites for hydroxylation is 1. The second kappa shape index (κ2) is 5.50. The fourth-order valence-corrected chi connectivity index (χ4v) is 2.33. The highest BCUT2D eigenvalue weighted by atomic mass is 16.5. The van der Waals surface area contributed by atoms with Gasteiger partial charge >= 0.3 is 6.01 Å². The van der Waals surface area contributed by atoms with Gasteiger partial charge < -0.3 is 19.4 Å². The van der Waals surface area contributed by atoms with Crippen LogP contribution in [0.3, 0.4) is 0 Å². The summed E-state index contributed by atoms with van der Waals surface area (Å²) >= 11 is 0. The molecular formula is C14H18N4O2. The third-order valence-corrected chi connectivity index (χ3v) is 3.44. The summed E-state index contributed by atoms with van der Waals surface area (Å²) in [4.78, 5) is 2.10. The summed E-state index contributed by atoms with van der Waals surface area (Å²) in [6, 6.07) is 6.43. The molecule has 0 bridgehead atoms. The third kappa shape index (κ3) is 2.46. The Bertz CT molecular complexity index is 591. The van der Waals surface area contributed by atoms with Crippen LogP contribution in [0.25, 0.3) is 11.5 Å². The predicted molar refractivity (Wildman–Crippen MR) is 76.1 cm³/mol. The van der Waals surface area contributed by atoms with Crippen LogP contribution in [0.1, 0.15) is 5.56 Å². The first-order valence-corrected chi connectivity index (χ1v) is 6.72. The molecule has 2 aromatic rings. The van der Waals surface area contributed by atoms with Crippen molar-refractivity contribution in [1.29, 1.82) is 0 Å². The van der Waals surface area contributed by atoms with E-state index in [-0.39, 0.29) is 0 Å². The van der Waals surface area contributed by atoms with Gasteiger partial charge in [-0.2, -0.15) is 0 Å². The minimum Gasteiger partial charge on any atom is -0.496 e. The molecule has 3 rings (SSSR count). The van der Waals surface area contributed by atoms with Crippen molar-refractivity contribution in [3.8, 4) is 17.2 Å². The lowest BCUT2D eigenvalue weighted by Gasteiger charge is -2.24. The second-order valence-corrected chi connectivity index (χ2v) is 4.81. The van der Waals surface area contributed by atoms with Gasteiger partial charge in [-0.3, -0.25) is 0 Å². The van der Waals surface area contributed by atoms with Crippen molar-refractivity contribution >= 4 is 6.01 Å². The summed E-state index contributed by atoms with van der Waals surface area (Å²) in [5.74, 6) is 1.40. The zero-order chi connectivity index (χ0) is 13.9. The van der Waals surface area contributed by atoms with Crippen molar-refractivity contribution in [3.05, 3.63) is 23.8 Å². The Morgan fingerprint density at radius 3 is 2.75 bits per heavy atom. The number of rotatable bonds is 3.